The highest BCUT2D eigenvalue weighted by atomic mass is 16.6. The maximum Gasteiger partial charge on any atom is 0.308 e. The highest BCUT2D eigenvalue weighted by Gasteiger charge is 2.13. The van der Waals surface area contributed by atoms with Crippen LogP contribution in [0.3, 0.4) is 0 Å². The lowest BCUT2D eigenvalue weighted by Gasteiger charge is -2.12. The Bertz CT molecular complexity index is 715. The van der Waals surface area contributed by atoms with Gasteiger partial charge in [-0.25, -0.2) is 0 Å². The molecule has 0 saturated heterocycles. The average Bonchev–Trinajstić information content (AvgIpc) is 2.43. The molecule has 110 valence electrons. The molecule has 7 heteroatoms. The first-order chi connectivity index (χ1) is 9.88. The van der Waals surface area contributed by atoms with Crippen molar-refractivity contribution in [2.45, 2.75) is 13.8 Å². The standard InChI is InChI=1S/C14H15N3O4/c1-8(14(18)19)7-15-13-5-9(2)16-12-4-3-10(17(20)21)6-11(12)13/h3-6,8H,7H2,1-2H3,(H,15,16)(H,18,19). The first kappa shape index (κ1) is 14.7. The summed E-state index contributed by atoms with van der Waals surface area (Å²) in [5.41, 5.74) is 2.00. The molecule has 1 aromatic carbocycles. The third-order valence-electron chi connectivity index (χ3n) is 3.15. The molecule has 2 aromatic rings. The van der Waals surface area contributed by atoms with Crippen molar-refractivity contribution in [2.24, 2.45) is 5.92 Å². The van der Waals surface area contributed by atoms with E-state index in [2.05, 4.69) is 10.3 Å². The number of hydrogen-bond donors (Lipinski definition) is 2. The molecule has 0 radical (unpaired) electrons. The Hall–Kier alpha value is -2.70. The zero-order chi connectivity index (χ0) is 15.6. The lowest BCUT2D eigenvalue weighted by atomic mass is 10.1. The van der Waals surface area contributed by atoms with Gasteiger partial charge in [0.15, 0.2) is 0 Å². The van der Waals surface area contributed by atoms with Crippen LogP contribution in [0.1, 0.15) is 12.6 Å². The van der Waals surface area contributed by atoms with Gasteiger partial charge in [-0.1, -0.05) is 6.92 Å². The summed E-state index contributed by atoms with van der Waals surface area (Å²) in [7, 11) is 0. The van der Waals surface area contributed by atoms with Crippen LogP contribution in [0.15, 0.2) is 24.3 Å². The SMILES string of the molecule is Cc1cc(NCC(C)C(=O)O)c2cc([N+](=O)[O-])ccc2n1. The second-order valence-corrected chi connectivity index (χ2v) is 4.89. The number of carboxylic acids is 1. The van der Waals surface area contributed by atoms with Crippen molar-refractivity contribution in [3.05, 3.63) is 40.1 Å². The van der Waals surface area contributed by atoms with Gasteiger partial charge in [-0.3, -0.25) is 19.9 Å². The highest BCUT2D eigenvalue weighted by Crippen LogP contribution is 2.27. The monoisotopic (exact) mass is 289 g/mol. The zero-order valence-corrected chi connectivity index (χ0v) is 11.7. The van der Waals surface area contributed by atoms with Crippen LogP contribution in [0.25, 0.3) is 10.9 Å². The van der Waals surface area contributed by atoms with Crippen molar-refractivity contribution >= 4 is 28.2 Å². The number of nitrogens with zero attached hydrogens (tertiary/aromatic N) is 2. The Kier molecular flexibility index (Phi) is 4.02. The van der Waals surface area contributed by atoms with Crippen molar-refractivity contribution < 1.29 is 14.8 Å². The smallest absolute Gasteiger partial charge is 0.308 e. The number of hydrogen-bond acceptors (Lipinski definition) is 5. The van der Waals surface area contributed by atoms with E-state index in [1.807, 2.05) is 6.92 Å². The van der Waals surface area contributed by atoms with E-state index < -0.39 is 16.8 Å². The number of non-ortho nitro benzene ring substituents is 1. The summed E-state index contributed by atoms with van der Waals surface area (Å²) in [5.74, 6) is -1.46. The van der Waals surface area contributed by atoms with Crippen molar-refractivity contribution in [2.75, 3.05) is 11.9 Å². The molecule has 2 rings (SSSR count). The number of rotatable bonds is 5. The van der Waals surface area contributed by atoms with Crippen molar-refractivity contribution in [3.63, 3.8) is 0 Å². The van der Waals surface area contributed by atoms with E-state index in [1.54, 1.807) is 19.1 Å². The number of nitro groups is 1. The van der Waals surface area contributed by atoms with E-state index in [0.717, 1.165) is 5.69 Å². The summed E-state index contributed by atoms with van der Waals surface area (Å²) in [6.07, 6.45) is 0. The van der Waals surface area contributed by atoms with E-state index in [-0.39, 0.29) is 12.2 Å². The minimum Gasteiger partial charge on any atom is -0.481 e. The van der Waals surface area contributed by atoms with E-state index in [9.17, 15) is 14.9 Å². The second kappa shape index (κ2) is 5.74. The predicted octanol–water partition coefficient (Wildman–Crippen LogP) is 2.58. The molecule has 0 aliphatic heterocycles. The fourth-order valence-electron chi connectivity index (χ4n) is 1.96. The van der Waals surface area contributed by atoms with Crippen molar-refractivity contribution in [1.29, 1.82) is 0 Å². The van der Waals surface area contributed by atoms with Crippen LogP contribution in [-0.2, 0) is 4.79 Å². The first-order valence-corrected chi connectivity index (χ1v) is 6.41. The highest BCUT2D eigenvalue weighted by molar-refractivity contribution is 5.93. The van der Waals surface area contributed by atoms with Crippen LogP contribution in [0.4, 0.5) is 11.4 Å². The van der Waals surface area contributed by atoms with Gasteiger partial charge in [-0.05, 0) is 19.1 Å². The predicted molar refractivity (Wildman–Crippen MR) is 78.4 cm³/mol. The molecule has 0 amide bonds. The van der Waals surface area contributed by atoms with E-state index in [0.29, 0.717) is 16.6 Å². The number of aromatic nitrogens is 1. The van der Waals surface area contributed by atoms with Crippen LogP contribution in [0.2, 0.25) is 0 Å². The normalized spacial score (nSPS) is 12.1. The Morgan fingerprint density at radius 2 is 2.19 bits per heavy atom. The number of carboxylic acid groups (broad SMARTS) is 1. The van der Waals surface area contributed by atoms with Crippen LogP contribution in [-0.4, -0.2) is 27.5 Å². The van der Waals surface area contributed by atoms with Crippen LogP contribution in [0.5, 0.6) is 0 Å². The number of anilines is 1. The number of pyridine rings is 1. The Labute approximate surface area is 120 Å². The minimum atomic E-state index is -0.899. The number of aliphatic carboxylic acids is 1. The van der Waals surface area contributed by atoms with E-state index >= 15 is 0 Å². The quantitative estimate of drug-likeness (QED) is 0.647. The van der Waals surface area contributed by atoms with Gasteiger partial charge in [0.05, 0.1) is 16.4 Å². The molecule has 0 bridgehead atoms. The molecule has 0 fully saturated rings. The third-order valence-corrected chi connectivity index (χ3v) is 3.15. The summed E-state index contributed by atoms with van der Waals surface area (Å²) in [5, 5.41) is 23.4. The van der Waals surface area contributed by atoms with Crippen molar-refractivity contribution in [1.82, 2.24) is 4.98 Å². The molecule has 1 unspecified atom stereocenters. The first-order valence-electron chi connectivity index (χ1n) is 6.41. The average molecular weight is 289 g/mol. The summed E-state index contributed by atoms with van der Waals surface area (Å²) in [6, 6.07) is 6.18. The summed E-state index contributed by atoms with van der Waals surface area (Å²) >= 11 is 0. The van der Waals surface area contributed by atoms with Gasteiger partial charge < -0.3 is 10.4 Å². The van der Waals surface area contributed by atoms with Gasteiger partial charge >= 0.3 is 5.97 Å². The fourth-order valence-corrected chi connectivity index (χ4v) is 1.96. The van der Waals surface area contributed by atoms with E-state index in [1.165, 1.54) is 12.1 Å². The largest absolute Gasteiger partial charge is 0.481 e. The Balaban J connectivity index is 2.42. The molecule has 2 N–H and O–H groups in total. The lowest BCUT2D eigenvalue weighted by molar-refractivity contribution is -0.384. The Morgan fingerprint density at radius 3 is 2.81 bits per heavy atom. The number of benzene rings is 1. The van der Waals surface area contributed by atoms with Crippen molar-refractivity contribution in [3.8, 4) is 0 Å². The molecular formula is C14H15N3O4. The molecule has 0 saturated carbocycles. The van der Waals surface area contributed by atoms with E-state index in [4.69, 9.17) is 5.11 Å². The minimum absolute atomic E-state index is 0.0255. The second-order valence-electron chi connectivity index (χ2n) is 4.89. The number of fused-ring (bicyclic) bond motifs is 1. The van der Waals surface area contributed by atoms with Gasteiger partial charge in [-0.2, -0.15) is 0 Å². The lowest BCUT2D eigenvalue weighted by Crippen LogP contribution is -2.19. The van der Waals surface area contributed by atoms with Crippen LogP contribution in [0, 0.1) is 23.0 Å². The molecule has 7 nitrogen and oxygen atoms in total. The Morgan fingerprint density at radius 1 is 1.48 bits per heavy atom. The molecule has 21 heavy (non-hydrogen) atoms. The van der Waals surface area contributed by atoms with Gasteiger partial charge in [-0.15, -0.1) is 0 Å². The van der Waals surface area contributed by atoms with Crippen LogP contribution >= 0.6 is 0 Å². The van der Waals surface area contributed by atoms with Gasteiger partial charge in [0.25, 0.3) is 5.69 Å². The molecule has 1 heterocycles. The number of nitrogens with one attached hydrogen (secondary N) is 1. The van der Waals surface area contributed by atoms with Gasteiger partial charge in [0.1, 0.15) is 0 Å². The molecular weight excluding hydrogens is 274 g/mol. The summed E-state index contributed by atoms with van der Waals surface area (Å²) in [4.78, 5) is 25.6. The summed E-state index contributed by atoms with van der Waals surface area (Å²) in [6.45, 7) is 3.64. The number of aryl methyl sites for hydroxylation is 1. The fraction of sp³-hybridized carbons (Fsp3) is 0.286. The third kappa shape index (κ3) is 3.25. The number of carbonyl (C=O) groups is 1. The molecule has 0 aliphatic rings. The van der Waals surface area contributed by atoms with Gasteiger partial charge in [0.2, 0.25) is 0 Å². The molecule has 0 spiro atoms. The topological polar surface area (TPSA) is 105 Å². The molecule has 0 aliphatic carbocycles. The molecule has 1 aromatic heterocycles. The number of nitro benzene ring substituents is 1. The van der Waals surface area contributed by atoms with Gasteiger partial charge in [0, 0.05) is 35.4 Å². The maximum atomic E-state index is 10.9. The zero-order valence-electron chi connectivity index (χ0n) is 11.7. The maximum absolute atomic E-state index is 10.9. The van der Waals surface area contributed by atoms with Crippen LogP contribution < -0.4 is 5.32 Å². The molecule has 1 atom stereocenters. The summed E-state index contributed by atoms with van der Waals surface area (Å²) < 4.78 is 0.